The predicted molar refractivity (Wildman–Crippen MR) is 111 cm³/mol. The number of hydrogen-bond acceptors (Lipinski definition) is 3. The summed E-state index contributed by atoms with van der Waals surface area (Å²) in [4.78, 5) is 27.1. The van der Waals surface area contributed by atoms with E-state index in [2.05, 4.69) is 11.4 Å². The number of nitriles is 1. The Hall–Kier alpha value is -3.13. The molecule has 2 aromatic carbocycles. The van der Waals surface area contributed by atoms with Gasteiger partial charge in [0.05, 0.1) is 11.6 Å². The third-order valence-electron chi connectivity index (χ3n) is 6.31. The molecule has 1 saturated carbocycles. The van der Waals surface area contributed by atoms with Crippen LogP contribution < -0.4 is 5.32 Å². The van der Waals surface area contributed by atoms with Crippen LogP contribution >= 0.6 is 0 Å². The lowest BCUT2D eigenvalue weighted by Gasteiger charge is -2.33. The fourth-order valence-corrected chi connectivity index (χ4v) is 4.05. The highest BCUT2D eigenvalue weighted by molar-refractivity contribution is 5.97. The van der Waals surface area contributed by atoms with Gasteiger partial charge in [0.1, 0.15) is 6.04 Å². The number of likely N-dealkylation sites (tertiary alicyclic amines) is 1. The number of carbonyl (C=O) groups excluding carboxylic acids is 2. The molecule has 5 nitrogen and oxygen atoms in total. The Morgan fingerprint density at radius 1 is 0.966 bits per heavy atom. The second-order valence-electron chi connectivity index (χ2n) is 8.29. The predicted octanol–water partition coefficient (Wildman–Crippen LogP) is 3.75. The first-order chi connectivity index (χ1) is 14.0. The zero-order valence-electron chi connectivity index (χ0n) is 16.6. The average molecular weight is 387 g/mol. The second kappa shape index (κ2) is 7.71. The molecule has 2 aromatic rings. The number of benzene rings is 2. The molecule has 5 heteroatoms. The third kappa shape index (κ3) is 4.17. The van der Waals surface area contributed by atoms with Crippen LogP contribution in [0, 0.1) is 16.7 Å². The maximum absolute atomic E-state index is 12.7. The van der Waals surface area contributed by atoms with Crippen LogP contribution in [0.15, 0.2) is 48.5 Å². The summed E-state index contributed by atoms with van der Waals surface area (Å²) in [6.45, 7) is 3.36. The van der Waals surface area contributed by atoms with Crippen molar-refractivity contribution in [2.24, 2.45) is 5.41 Å². The fourth-order valence-electron chi connectivity index (χ4n) is 4.05. The van der Waals surface area contributed by atoms with Gasteiger partial charge < -0.3 is 10.2 Å². The molecule has 0 aromatic heterocycles. The summed E-state index contributed by atoms with van der Waals surface area (Å²) < 4.78 is 0. The lowest BCUT2D eigenvalue weighted by Crippen LogP contribution is -2.49. The highest BCUT2D eigenvalue weighted by atomic mass is 16.2. The molecule has 1 N–H and O–H groups in total. The summed E-state index contributed by atoms with van der Waals surface area (Å²) >= 11 is 0. The van der Waals surface area contributed by atoms with Gasteiger partial charge in [-0.05, 0) is 73.4 Å². The van der Waals surface area contributed by atoms with Crippen molar-refractivity contribution in [3.8, 4) is 17.2 Å². The van der Waals surface area contributed by atoms with Gasteiger partial charge in [-0.25, -0.2) is 0 Å². The van der Waals surface area contributed by atoms with E-state index in [1.54, 1.807) is 31.2 Å². The van der Waals surface area contributed by atoms with E-state index in [0.717, 1.165) is 37.1 Å². The van der Waals surface area contributed by atoms with Crippen LogP contribution in [0.4, 0.5) is 0 Å². The maximum atomic E-state index is 12.7. The van der Waals surface area contributed by atoms with Crippen LogP contribution in [0.3, 0.4) is 0 Å². The smallest absolute Gasteiger partial charge is 0.251 e. The molecule has 29 heavy (non-hydrogen) atoms. The molecule has 1 saturated heterocycles. The van der Waals surface area contributed by atoms with Gasteiger partial charge in [-0.2, -0.15) is 5.26 Å². The minimum absolute atomic E-state index is 0.00283. The van der Waals surface area contributed by atoms with Crippen molar-refractivity contribution in [3.05, 3.63) is 59.7 Å². The molecule has 2 amide bonds. The molecule has 0 bridgehead atoms. The number of nitrogens with zero attached hydrogens (tertiary/aromatic N) is 2. The highest BCUT2D eigenvalue weighted by Gasteiger charge is 2.45. The zero-order chi connectivity index (χ0) is 20.4. The summed E-state index contributed by atoms with van der Waals surface area (Å²) in [5.74, 6) is -0.240. The minimum atomic E-state index is -0.533. The van der Waals surface area contributed by atoms with E-state index >= 15 is 0 Å². The van der Waals surface area contributed by atoms with Crippen molar-refractivity contribution in [1.29, 1.82) is 5.26 Å². The first kappa shape index (κ1) is 19.2. The molecule has 1 spiro atoms. The first-order valence-corrected chi connectivity index (χ1v) is 10.2. The molecule has 1 atom stereocenters. The van der Waals surface area contributed by atoms with E-state index in [9.17, 15) is 9.59 Å². The van der Waals surface area contributed by atoms with E-state index < -0.39 is 6.04 Å². The molecule has 4 rings (SSSR count). The van der Waals surface area contributed by atoms with Crippen LogP contribution in [-0.2, 0) is 4.79 Å². The van der Waals surface area contributed by atoms with E-state index in [-0.39, 0.29) is 11.8 Å². The van der Waals surface area contributed by atoms with Gasteiger partial charge in [-0.1, -0.05) is 24.3 Å². The van der Waals surface area contributed by atoms with Crippen molar-refractivity contribution in [1.82, 2.24) is 10.2 Å². The Bertz CT molecular complexity index is 943. The van der Waals surface area contributed by atoms with Crippen molar-refractivity contribution < 1.29 is 9.59 Å². The van der Waals surface area contributed by atoms with E-state index in [4.69, 9.17) is 5.26 Å². The number of carbonyl (C=O) groups is 2. The lowest BCUT2D eigenvalue weighted by atomic mass is 9.93. The fraction of sp³-hybridized carbons (Fsp3) is 0.375. The molecule has 1 aliphatic heterocycles. The van der Waals surface area contributed by atoms with E-state index in [1.165, 1.54) is 12.8 Å². The Labute approximate surface area is 171 Å². The summed E-state index contributed by atoms with van der Waals surface area (Å²) in [5, 5.41) is 11.7. The van der Waals surface area contributed by atoms with Crippen LogP contribution in [-0.4, -0.2) is 35.8 Å². The van der Waals surface area contributed by atoms with Crippen molar-refractivity contribution in [2.75, 3.05) is 13.1 Å². The van der Waals surface area contributed by atoms with Gasteiger partial charge in [0, 0.05) is 18.7 Å². The van der Waals surface area contributed by atoms with E-state index in [0.29, 0.717) is 16.5 Å². The van der Waals surface area contributed by atoms with Crippen LogP contribution in [0.2, 0.25) is 0 Å². The zero-order valence-corrected chi connectivity index (χ0v) is 16.6. The van der Waals surface area contributed by atoms with Crippen LogP contribution in [0.25, 0.3) is 11.1 Å². The summed E-state index contributed by atoms with van der Waals surface area (Å²) in [6, 6.07) is 16.2. The van der Waals surface area contributed by atoms with Crippen LogP contribution in [0.1, 0.15) is 48.5 Å². The standard InChI is InChI=1S/C24H25N3O2/c1-17(23(29)27-14-12-24(10-11-24)13-15-27)26-22(28)21-8-6-20(7-9-21)19-4-2-18(16-25)3-5-19/h2-9,17H,10-15H2,1H3,(H,26,28)/t17-/m0/s1. The summed E-state index contributed by atoms with van der Waals surface area (Å²) in [7, 11) is 0. The second-order valence-corrected chi connectivity index (χ2v) is 8.29. The molecule has 0 unspecified atom stereocenters. The molecular formula is C24H25N3O2. The maximum Gasteiger partial charge on any atom is 0.251 e. The van der Waals surface area contributed by atoms with Crippen LogP contribution in [0.5, 0.6) is 0 Å². The van der Waals surface area contributed by atoms with Gasteiger partial charge in [0.15, 0.2) is 0 Å². The summed E-state index contributed by atoms with van der Waals surface area (Å²) in [5.41, 5.74) is 3.62. The Balaban J connectivity index is 1.35. The van der Waals surface area contributed by atoms with Crippen molar-refractivity contribution in [2.45, 2.75) is 38.6 Å². The monoisotopic (exact) mass is 387 g/mol. The van der Waals surface area contributed by atoms with Gasteiger partial charge >= 0.3 is 0 Å². The summed E-state index contributed by atoms with van der Waals surface area (Å²) in [6.07, 6.45) is 4.80. The number of rotatable bonds is 4. The molecular weight excluding hydrogens is 362 g/mol. The highest BCUT2D eigenvalue weighted by Crippen LogP contribution is 2.53. The Morgan fingerprint density at radius 2 is 1.52 bits per heavy atom. The number of hydrogen-bond donors (Lipinski definition) is 1. The molecule has 0 radical (unpaired) electrons. The molecule has 2 aliphatic rings. The molecule has 1 heterocycles. The van der Waals surface area contributed by atoms with E-state index in [1.807, 2.05) is 29.2 Å². The van der Waals surface area contributed by atoms with Gasteiger partial charge in [0.2, 0.25) is 5.91 Å². The largest absolute Gasteiger partial charge is 0.341 e. The molecule has 148 valence electrons. The Kier molecular flexibility index (Phi) is 5.10. The number of piperidine rings is 1. The number of nitrogens with one attached hydrogen (secondary N) is 1. The first-order valence-electron chi connectivity index (χ1n) is 10.2. The quantitative estimate of drug-likeness (QED) is 0.868. The van der Waals surface area contributed by atoms with Crippen molar-refractivity contribution >= 4 is 11.8 Å². The van der Waals surface area contributed by atoms with Gasteiger partial charge in [-0.3, -0.25) is 9.59 Å². The van der Waals surface area contributed by atoms with Crippen molar-refractivity contribution in [3.63, 3.8) is 0 Å². The topological polar surface area (TPSA) is 73.2 Å². The van der Waals surface area contributed by atoms with Gasteiger partial charge in [0.25, 0.3) is 5.91 Å². The molecule has 2 fully saturated rings. The average Bonchev–Trinajstić information content (AvgIpc) is 3.52. The molecule has 1 aliphatic carbocycles. The third-order valence-corrected chi connectivity index (χ3v) is 6.31. The Morgan fingerprint density at radius 3 is 2.03 bits per heavy atom. The van der Waals surface area contributed by atoms with Gasteiger partial charge in [-0.15, -0.1) is 0 Å². The lowest BCUT2D eigenvalue weighted by molar-refractivity contribution is -0.134. The normalized spacial score (nSPS) is 18.0. The minimum Gasteiger partial charge on any atom is -0.341 e. The SMILES string of the molecule is C[C@H](NC(=O)c1ccc(-c2ccc(C#N)cc2)cc1)C(=O)N1CCC2(CC1)CC2. The number of amides is 2.